The summed E-state index contributed by atoms with van der Waals surface area (Å²) in [5, 5.41) is 10.8. The van der Waals surface area contributed by atoms with Gasteiger partial charge in [-0.25, -0.2) is 0 Å². The molecule has 2 aromatic rings. The first-order valence-electron chi connectivity index (χ1n) is 12.2. The highest BCUT2D eigenvalue weighted by Crippen LogP contribution is 2.69. The summed E-state index contributed by atoms with van der Waals surface area (Å²) in [5.74, 6) is 0.808. The molecule has 4 aliphatic rings. The number of hydrogen-bond donors (Lipinski definition) is 1. The van der Waals surface area contributed by atoms with Crippen molar-refractivity contribution in [2.24, 2.45) is 5.41 Å². The van der Waals surface area contributed by atoms with Gasteiger partial charge in [0, 0.05) is 42.3 Å². The molecule has 1 saturated heterocycles. The molecule has 0 unspecified atom stereocenters. The highest BCUT2D eigenvalue weighted by Gasteiger charge is 2.71. The predicted molar refractivity (Wildman–Crippen MR) is 130 cm³/mol. The first-order valence-corrected chi connectivity index (χ1v) is 12.2. The summed E-state index contributed by atoms with van der Waals surface area (Å²) in [5.41, 5.74) is 3.12. The van der Waals surface area contributed by atoms with E-state index >= 15 is 0 Å². The van der Waals surface area contributed by atoms with Crippen LogP contribution in [0.15, 0.2) is 53.9 Å². The van der Waals surface area contributed by atoms with Crippen molar-refractivity contribution in [1.82, 2.24) is 9.80 Å². The van der Waals surface area contributed by atoms with Gasteiger partial charge in [-0.15, -0.1) is 6.58 Å². The van der Waals surface area contributed by atoms with Crippen LogP contribution in [0.25, 0.3) is 6.08 Å². The van der Waals surface area contributed by atoms with Gasteiger partial charge in [-0.2, -0.15) is 0 Å². The van der Waals surface area contributed by atoms with E-state index < -0.39 is 0 Å². The average molecular weight is 461 g/mol. The number of likely N-dealkylation sites (tertiary alicyclic amines) is 1. The molecular formula is C28H32N2O4. The monoisotopic (exact) mass is 460 g/mol. The van der Waals surface area contributed by atoms with Crippen molar-refractivity contribution in [2.75, 3.05) is 20.1 Å². The van der Waals surface area contributed by atoms with E-state index in [1.165, 1.54) is 11.1 Å². The van der Waals surface area contributed by atoms with E-state index in [2.05, 4.69) is 24.5 Å². The summed E-state index contributed by atoms with van der Waals surface area (Å²) >= 11 is 0. The molecule has 6 nitrogen and oxygen atoms in total. The van der Waals surface area contributed by atoms with Crippen molar-refractivity contribution in [1.29, 1.82) is 0 Å². The van der Waals surface area contributed by atoms with Gasteiger partial charge in [0.05, 0.1) is 18.6 Å². The van der Waals surface area contributed by atoms with Crippen LogP contribution < -0.4 is 4.74 Å². The van der Waals surface area contributed by atoms with Crippen molar-refractivity contribution in [3.63, 3.8) is 0 Å². The fourth-order valence-electron chi connectivity index (χ4n) is 7.66. The van der Waals surface area contributed by atoms with Gasteiger partial charge in [0.2, 0.25) is 5.91 Å². The van der Waals surface area contributed by atoms with Gasteiger partial charge in [0.15, 0.2) is 11.5 Å². The third-order valence-electron chi connectivity index (χ3n) is 9.28. The van der Waals surface area contributed by atoms with Crippen molar-refractivity contribution >= 4 is 12.0 Å². The number of hydrogen-bond acceptors (Lipinski definition) is 5. The van der Waals surface area contributed by atoms with Crippen LogP contribution in [0.2, 0.25) is 0 Å². The quantitative estimate of drug-likeness (QED) is 0.537. The highest BCUT2D eigenvalue weighted by molar-refractivity contribution is 5.91. The zero-order chi connectivity index (χ0) is 23.7. The minimum Gasteiger partial charge on any atom is -0.504 e. The van der Waals surface area contributed by atoms with Crippen LogP contribution >= 0.6 is 0 Å². The van der Waals surface area contributed by atoms with Crippen LogP contribution in [0.1, 0.15) is 42.9 Å². The number of benzene rings is 1. The molecule has 3 heterocycles. The number of carbonyl (C=O) groups is 1. The molecule has 2 fully saturated rings. The molecule has 1 aromatic carbocycles. The molecule has 34 heavy (non-hydrogen) atoms. The smallest absolute Gasteiger partial charge is 0.246 e. The number of amides is 1. The number of aromatic hydroxyl groups is 1. The van der Waals surface area contributed by atoms with E-state index in [1.54, 1.807) is 30.7 Å². The van der Waals surface area contributed by atoms with E-state index in [9.17, 15) is 9.90 Å². The molecule has 1 spiro atoms. The van der Waals surface area contributed by atoms with Crippen molar-refractivity contribution in [3.05, 3.63) is 66.1 Å². The number of rotatable bonds is 5. The van der Waals surface area contributed by atoms with Gasteiger partial charge < -0.3 is 19.2 Å². The Morgan fingerprint density at radius 3 is 2.97 bits per heavy atom. The Morgan fingerprint density at radius 1 is 1.35 bits per heavy atom. The summed E-state index contributed by atoms with van der Waals surface area (Å²) < 4.78 is 11.8. The van der Waals surface area contributed by atoms with Crippen LogP contribution in [-0.2, 0) is 16.6 Å². The molecule has 1 amide bonds. The molecular weight excluding hydrogens is 428 g/mol. The lowest BCUT2D eigenvalue weighted by Gasteiger charge is -2.66. The molecule has 2 bridgehead atoms. The van der Waals surface area contributed by atoms with E-state index in [-0.39, 0.29) is 34.6 Å². The SMILES string of the molecule is C=CCN1CC[C@]23c4c5ccc(O)c4O[C@H]2[C@@H](N(C)C(=O)/C=C/c2ccoc2)CC[C@@]3(C)[C@H]1C5. The summed E-state index contributed by atoms with van der Waals surface area (Å²) in [4.78, 5) is 17.6. The number of nitrogens with zero attached hydrogens (tertiary/aromatic N) is 2. The standard InChI is InChI=1S/C28H32N2O4/c1-4-13-30-14-12-28-24-19-6-7-21(31)25(24)34-26(28)20(9-11-27(28,2)22(30)16-19)29(3)23(32)8-5-18-10-15-33-17-18/h4-8,10,15,17,20,22,26,31H,1,9,11-14,16H2,2-3H3/b8-5+/t20-,22+,26-,27-,28-/m0/s1. The van der Waals surface area contributed by atoms with E-state index in [4.69, 9.17) is 9.15 Å². The van der Waals surface area contributed by atoms with Gasteiger partial charge in [-0.3, -0.25) is 9.69 Å². The Labute approximate surface area is 200 Å². The maximum atomic E-state index is 13.2. The summed E-state index contributed by atoms with van der Waals surface area (Å²) in [7, 11) is 1.88. The lowest BCUT2D eigenvalue weighted by Crippen LogP contribution is -2.73. The zero-order valence-corrected chi connectivity index (χ0v) is 19.9. The van der Waals surface area contributed by atoms with Crippen LogP contribution in [0, 0.1) is 5.41 Å². The second-order valence-corrected chi connectivity index (χ2v) is 10.6. The molecule has 178 valence electrons. The first-order chi connectivity index (χ1) is 16.4. The largest absolute Gasteiger partial charge is 0.504 e. The molecule has 5 atom stereocenters. The number of furan rings is 1. The number of ether oxygens (including phenoxy) is 1. The van der Waals surface area contributed by atoms with Crippen LogP contribution in [-0.4, -0.2) is 59.1 Å². The average Bonchev–Trinajstić information content (AvgIpc) is 3.46. The van der Waals surface area contributed by atoms with Crippen LogP contribution in [0.4, 0.5) is 0 Å². The third-order valence-corrected chi connectivity index (χ3v) is 9.28. The second kappa shape index (κ2) is 7.51. The predicted octanol–water partition coefficient (Wildman–Crippen LogP) is 4.14. The second-order valence-electron chi connectivity index (χ2n) is 10.6. The van der Waals surface area contributed by atoms with Gasteiger partial charge in [0.1, 0.15) is 6.10 Å². The van der Waals surface area contributed by atoms with Crippen LogP contribution in [0.3, 0.4) is 0 Å². The Bertz CT molecular complexity index is 1170. The molecule has 2 aliphatic carbocycles. The maximum Gasteiger partial charge on any atom is 0.246 e. The van der Waals surface area contributed by atoms with Gasteiger partial charge in [0.25, 0.3) is 0 Å². The van der Waals surface area contributed by atoms with Gasteiger partial charge >= 0.3 is 0 Å². The molecule has 1 saturated carbocycles. The maximum absolute atomic E-state index is 13.2. The Kier molecular flexibility index (Phi) is 4.75. The summed E-state index contributed by atoms with van der Waals surface area (Å²) in [6.07, 6.45) is 12.2. The Balaban J connectivity index is 1.41. The number of carbonyl (C=O) groups excluding carboxylic acids is 1. The lowest BCUT2D eigenvalue weighted by molar-refractivity contribution is -0.149. The summed E-state index contributed by atoms with van der Waals surface area (Å²) in [6.45, 7) is 8.26. The Hall–Kier alpha value is -2.99. The minimum atomic E-state index is -0.220. The molecule has 1 aromatic heterocycles. The molecule has 6 rings (SSSR count). The third kappa shape index (κ3) is 2.69. The lowest BCUT2D eigenvalue weighted by atomic mass is 9.43. The number of phenolic OH excluding ortho intramolecular Hbond substituents is 1. The summed E-state index contributed by atoms with van der Waals surface area (Å²) in [6, 6.07) is 6.00. The van der Waals surface area contributed by atoms with Gasteiger partial charge in [-0.05, 0) is 61.4 Å². The van der Waals surface area contributed by atoms with Crippen LogP contribution in [0.5, 0.6) is 11.5 Å². The molecule has 0 radical (unpaired) electrons. The molecule has 2 aliphatic heterocycles. The van der Waals surface area contributed by atoms with Crippen molar-refractivity contribution < 1.29 is 19.1 Å². The number of likely N-dealkylation sites (N-methyl/N-ethyl adjacent to an activating group) is 1. The fourth-order valence-corrected chi connectivity index (χ4v) is 7.66. The van der Waals surface area contributed by atoms with E-state index in [0.717, 1.165) is 44.3 Å². The van der Waals surface area contributed by atoms with E-state index in [0.29, 0.717) is 11.8 Å². The minimum absolute atomic E-state index is 0.00199. The Morgan fingerprint density at radius 2 is 2.21 bits per heavy atom. The van der Waals surface area contributed by atoms with Gasteiger partial charge in [-0.1, -0.05) is 19.1 Å². The molecule has 1 N–H and O–H groups in total. The fraction of sp³-hybridized carbons (Fsp3) is 0.464. The molecule has 6 heteroatoms. The van der Waals surface area contributed by atoms with E-state index in [1.807, 2.05) is 24.1 Å². The zero-order valence-electron chi connectivity index (χ0n) is 19.9. The normalized spacial score (nSPS) is 33.4. The van der Waals surface area contributed by atoms with Crippen molar-refractivity contribution in [2.45, 2.75) is 56.2 Å². The van der Waals surface area contributed by atoms with Crippen molar-refractivity contribution in [3.8, 4) is 11.5 Å². The topological polar surface area (TPSA) is 66.2 Å². The highest BCUT2D eigenvalue weighted by atomic mass is 16.5. The first kappa shape index (κ1) is 21.5. The number of phenols is 1. The number of piperidine rings is 1.